The van der Waals surface area contributed by atoms with E-state index in [0.717, 1.165) is 25.7 Å². The van der Waals surface area contributed by atoms with Crippen LogP contribution in [0.3, 0.4) is 0 Å². The molecule has 0 saturated heterocycles. The zero-order valence-electron chi connectivity index (χ0n) is 29.0. The summed E-state index contributed by atoms with van der Waals surface area (Å²) in [4.78, 5) is 20.7. The Bertz CT molecular complexity index is 460. The molecule has 0 unspecified atom stereocenters. The minimum Gasteiger partial charge on any atom is -0.481 e. The van der Waals surface area contributed by atoms with Gasteiger partial charge < -0.3 is 21.2 Å². The van der Waals surface area contributed by atoms with E-state index in [4.69, 9.17) is 10.2 Å². The predicted molar refractivity (Wildman–Crippen MR) is 182 cm³/mol. The molecule has 0 aromatic carbocycles. The van der Waals surface area contributed by atoms with Crippen LogP contribution in [0.25, 0.3) is 0 Å². The van der Waals surface area contributed by atoms with Crippen molar-refractivity contribution >= 4 is 11.9 Å². The third kappa shape index (κ3) is 57.7. The number of hydrogen-bond acceptors (Lipinski definition) is 2. The Kier molecular flexibility index (Phi) is 58.6. The smallest absolute Gasteiger partial charge is 0.303 e. The van der Waals surface area contributed by atoms with Crippen LogP contribution in [0.2, 0.25) is 0 Å². The van der Waals surface area contributed by atoms with Crippen LogP contribution in [0.1, 0.15) is 219 Å². The van der Waals surface area contributed by atoms with Crippen molar-refractivity contribution in [2.24, 2.45) is 0 Å². The maximum Gasteiger partial charge on any atom is 0.303 e. The van der Waals surface area contributed by atoms with E-state index in [0.29, 0.717) is 12.8 Å². The summed E-state index contributed by atoms with van der Waals surface area (Å²) >= 11 is 0. The number of carbonyl (C=O) groups is 2. The molecule has 0 aromatic heterocycles. The van der Waals surface area contributed by atoms with Gasteiger partial charge in [0.1, 0.15) is 0 Å². The SMILES string of the molecule is CCCCCCCCCCCCCCCCCC(=O)O.CCCCCCCCCCCCCCCCCC(=O)O.O.O.[Zn]. The van der Waals surface area contributed by atoms with Crippen LogP contribution in [0, 0.1) is 0 Å². The van der Waals surface area contributed by atoms with Gasteiger partial charge in [0.15, 0.2) is 0 Å². The molecule has 7 heteroatoms. The van der Waals surface area contributed by atoms with Gasteiger partial charge >= 0.3 is 11.9 Å². The van der Waals surface area contributed by atoms with Gasteiger partial charge in [0.25, 0.3) is 0 Å². The number of hydrogen-bond donors (Lipinski definition) is 2. The minimum absolute atomic E-state index is 0. The first-order valence-electron chi connectivity index (χ1n) is 18.0. The molecule has 0 aliphatic carbocycles. The minimum atomic E-state index is -0.653. The van der Waals surface area contributed by atoms with Crippen molar-refractivity contribution in [1.82, 2.24) is 0 Å². The number of unbranched alkanes of at least 4 members (excludes halogenated alkanes) is 28. The molecule has 0 amide bonds. The van der Waals surface area contributed by atoms with E-state index in [1.807, 2.05) is 0 Å². The summed E-state index contributed by atoms with van der Waals surface area (Å²) in [5.41, 5.74) is 0. The van der Waals surface area contributed by atoms with Gasteiger partial charge in [-0.3, -0.25) is 9.59 Å². The molecule has 0 spiro atoms. The molecule has 0 heterocycles. The summed E-state index contributed by atoms with van der Waals surface area (Å²) < 4.78 is 0. The van der Waals surface area contributed by atoms with E-state index in [1.165, 1.54) is 167 Å². The maximum absolute atomic E-state index is 10.3. The van der Waals surface area contributed by atoms with Gasteiger partial charge in [0, 0.05) is 32.3 Å². The number of rotatable bonds is 32. The van der Waals surface area contributed by atoms with Gasteiger partial charge in [-0.1, -0.05) is 194 Å². The standard InChI is InChI=1S/2C18H36O2.2H2O.Zn/c2*1-2-3-4-5-6-7-8-9-10-11-12-13-14-15-16-17-18(19)20;;;/h2*2-17H2,1H3,(H,19,20);2*1H2;. The van der Waals surface area contributed by atoms with Gasteiger partial charge in [-0.05, 0) is 12.8 Å². The molecule has 258 valence electrons. The first-order valence-corrected chi connectivity index (χ1v) is 18.0. The van der Waals surface area contributed by atoms with Gasteiger partial charge in [0.2, 0.25) is 0 Å². The van der Waals surface area contributed by atoms with Crippen molar-refractivity contribution in [1.29, 1.82) is 0 Å². The van der Waals surface area contributed by atoms with Crippen LogP contribution in [0.5, 0.6) is 0 Å². The van der Waals surface area contributed by atoms with Crippen molar-refractivity contribution in [3.63, 3.8) is 0 Å². The van der Waals surface area contributed by atoms with E-state index >= 15 is 0 Å². The zero-order chi connectivity index (χ0) is 29.8. The van der Waals surface area contributed by atoms with E-state index in [9.17, 15) is 9.59 Å². The molecule has 0 aliphatic heterocycles. The summed E-state index contributed by atoms with van der Waals surface area (Å²) in [6, 6.07) is 0. The zero-order valence-corrected chi connectivity index (χ0v) is 32.0. The Morgan fingerprint density at radius 3 is 0.605 bits per heavy atom. The van der Waals surface area contributed by atoms with Crippen LogP contribution in [0.4, 0.5) is 0 Å². The molecule has 0 aliphatic rings. The molecule has 6 nitrogen and oxygen atoms in total. The quantitative estimate of drug-likeness (QED) is 0.0543. The molecular formula is C36H76O6Zn. The molecule has 6 N–H and O–H groups in total. The molecule has 0 aromatic rings. The van der Waals surface area contributed by atoms with Crippen LogP contribution in [0.15, 0.2) is 0 Å². The summed E-state index contributed by atoms with van der Waals surface area (Å²) in [6.45, 7) is 4.54. The van der Waals surface area contributed by atoms with Crippen molar-refractivity contribution in [3.05, 3.63) is 0 Å². The van der Waals surface area contributed by atoms with E-state index in [-0.39, 0.29) is 30.4 Å². The van der Waals surface area contributed by atoms with Crippen LogP contribution < -0.4 is 0 Å². The molecule has 0 radical (unpaired) electrons. The first kappa shape index (κ1) is 52.0. The first-order chi connectivity index (χ1) is 19.5. The predicted octanol–water partition coefficient (Wildman–Crippen LogP) is 11.0. The van der Waals surface area contributed by atoms with Gasteiger partial charge in [-0.25, -0.2) is 0 Å². The molecule has 0 fully saturated rings. The largest absolute Gasteiger partial charge is 0.481 e. The third-order valence-corrected chi connectivity index (χ3v) is 7.99. The second-order valence-corrected chi connectivity index (χ2v) is 12.2. The van der Waals surface area contributed by atoms with E-state index < -0.39 is 11.9 Å². The topological polar surface area (TPSA) is 138 Å². The number of carboxylic acids is 2. The summed E-state index contributed by atoms with van der Waals surface area (Å²) in [5, 5.41) is 17.0. The van der Waals surface area contributed by atoms with Crippen molar-refractivity contribution in [2.45, 2.75) is 219 Å². The van der Waals surface area contributed by atoms with E-state index in [1.54, 1.807) is 0 Å². The van der Waals surface area contributed by atoms with Crippen molar-refractivity contribution < 1.29 is 50.2 Å². The van der Waals surface area contributed by atoms with Crippen LogP contribution >= 0.6 is 0 Å². The van der Waals surface area contributed by atoms with Crippen LogP contribution in [-0.2, 0) is 29.1 Å². The maximum atomic E-state index is 10.3. The monoisotopic (exact) mass is 668 g/mol. The average molecular weight is 670 g/mol. The molecule has 0 bridgehead atoms. The Morgan fingerprint density at radius 2 is 0.465 bits per heavy atom. The second kappa shape index (κ2) is 48.4. The second-order valence-electron chi connectivity index (χ2n) is 12.2. The number of aliphatic carboxylic acids is 2. The molecule has 0 atom stereocenters. The fourth-order valence-corrected chi connectivity index (χ4v) is 5.30. The Balaban J connectivity index is -0.000000209. The fraction of sp³-hybridized carbons (Fsp3) is 0.944. The summed E-state index contributed by atoms with van der Waals surface area (Å²) in [5.74, 6) is -1.31. The van der Waals surface area contributed by atoms with E-state index in [2.05, 4.69) is 13.8 Å². The average Bonchev–Trinajstić information content (AvgIpc) is 2.93. The van der Waals surface area contributed by atoms with Gasteiger partial charge in [0.05, 0.1) is 0 Å². The summed E-state index contributed by atoms with van der Waals surface area (Å²) in [7, 11) is 0. The van der Waals surface area contributed by atoms with Gasteiger partial charge in [-0.2, -0.15) is 0 Å². The fourth-order valence-electron chi connectivity index (χ4n) is 5.30. The number of carboxylic acid groups (broad SMARTS) is 2. The van der Waals surface area contributed by atoms with Crippen molar-refractivity contribution in [2.75, 3.05) is 0 Å². The Morgan fingerprint density at radius 1 is 0.326 bits per heavy atom. The Labute approximate surface area is 280 Å². The molecule has 43 heavy (non-hydrogen) atoms. The molecular weight excluding hydrogens is 594 g/mol. The van der Waals surface area contributed by atoms with Crippen LogP contribution in [-0.4, -0.2) is 33.1 Å². The molecule has 0 rings (SSSR count). The Hall–Kier alpha value is -0.517. The molecule has 0 saturated carbocycles. The normalized spacial score (nSPS) is 10.1. The van der Waals surface area contributed by atoms with Crippen molar-refractivity contribution in [3.8, 4) is 0 Å². The third-order valence-electron chi connectivity index (χ3n) is 7.99. The van der Waals surface area contributed by atoms with Gasteiger partial charge in [-0.15, -0.1) is 0 Å². The summed E-state index contributed by atoms with van der Waals surface area (Å²) in [6.07, 6.45) is 40.4.